The Morgan fingerprint density at radius 1 is 1.12 bits per heavy atom. The molecule has 0 saturated heterocycles. The number of fused-ring (bicyclic) bond motifs is 1. The Balaban J connectivity index is 1.43. The van der Waals surface area contributed by atoms with E-state index in [9.17, 15) is 14.0 Å². The molecule has 1 amide bonds. The van der Waals surface area contributed by atoms with Gasteiger partial charge in [-0.1, -0.05) is 24.3 Å². The van der Waals surface area contributed by atoms with Gasteiger partial charge < -0.3 is 10.3 Å². The summed E-state index contributed by atoms with van der Waals surface area (Å²) in [4.78, 5) is 26.6. The molecule has 5 nitrogen and oxygen atoms in total. The van der Waals surface area contributed by atoms with Crippen LogP contribution in [0.3, 0.4) is 0 Å². The van der Waals surface area contributed by atoms with Crippen LogP contribution < -0.4 is 11.0 Å². The third kappa shape index (κ3) is 4.35. The van der Waals surface area contributed by atoms with E-state index in [0.717, 1.165) is 16.6 Å². The van der Waals surface area contributed by atoms with E-state index in [2.05, 4.69) is 10.3 Å². The van der Waals surface area contributed by atoms with Crippen molar-refractivity contribution < 1.29 is 9.18 Å². The number of aromatic amines is 1. The fraction of sp³-hybridized carbons (Fsp3) is 0.263. The molecule has 0 bridgehead atoms. The molecule has 0 aliphatic carbocycles. The highest BCUT2D eigenvalue weighted by atomic mass is 19.1. The maximum absolute atomic E-state index is 12.8. The number of rotatable bonds is 7. The van der Waals surface area contributed by atoms with Gasteiger partial charge in [0.1, 0.15) is 5.82 Å². The molecular formula is C19H20FN3O2. The predicted molar refractivity (Wildman–Crippen MR) is 94.9 cm³/mol. The Labute approximate surface area is 144 Å². The van der Waals surface area contributed by atoms with Crippen LogP contribution >= 0.6 is 0 Å². The first-order chi connectivity index (χ1) is 12.1. The summed E-state index contributed by atoms with van der Waals surface area (Å²) >= 11 is 0. The van der Waals surface area contributed by atoms with Crippen LogP contribution in [0.2, 0.25) is 0 Å². The lowest BCUT2D eigenvalue weighted by atomic mass is 10.1. The Hall–Kier alpha value is -2.89. The predicted octanol–water partition coefficient (Wildman–Crippen LogP) is 2.61. The van der Waals surface area contributed by atoms with Crippen LogP contribution in [-0.2, 0) is 17.8 Å². The molecule has 0 spiro atoms. The molecular weight excluding hydrogens is 321 g/mol. The summed E-state index contributed by atoms with van der Waals surface area (Å²) in [5.74, 6) is -0.323. The lowest BCUT2D eigenvalue weighted by Crippen LogP contribution is -2.26. The van der Waals surface area contributed by atoms with Crippen LogP contribution in [0.15, 0.2) is 53.3 Å². The largest absolute Gasteiger partial charge is 0.356 e. The Morgan fingerprint density at radius 2 is 1.88 bits per heavy atom. The molecule has 3 aromatic rings. The van der Waals surface area contributed by atoms with Gasteiger partial charge in [-0.15, -0.1) is 0 Å². The zero-order valence-electron chi connectivity index (χ0n) is 13.8. The van der Waals surface area contributed by atoms with Crippen LogP contribution in [0.4, 0.5) is 4.39 Å². The summed E-state index contributed by atoms with van der Waals surface area (Å²) < 4.78 is 14.5. The van der Waals surface area contributed by atoms with Gasteiger partial charge in [0.2, 0.25) is 5.91 Å². The first-order valence-corrected chi connectivity index (χ1v) is 8.32. The summed E-state index contributed by atoms with van der Waals surface area (Å²) in [7, 11) is 0. The van der Waals surface area contributed by atoms with Crippen molar-refractivity contribution in [3.63, 3.8) is 0 Å². The molecule has 3 rings (SSSR count). The number of amides is 1. The van der Waals surface area contributed by atoms with Crippen molar-refractivity contribution in [3.8, 4) is 0 Å². The van der Waals surface area contributed by atoms with E-state index in [4.69, 9.17) is 0 Å². The van der Waals surface area contributed by atoms with Gasteiger partial charge >= 0.3 is 5.69 Å². The normalized spacial score (nSPS) is 10.9. The number of carbonyl (C=O) groups excluding carboxylic acids is 1. The molecule has 130 valence electrons. The number of para-hydroxylation sites is 2. The molecule has 0 atom stereocenters. The van der Waals surface area contributed by atoms with Crippen molar-refractivity contribution in [1.82, 2.24) is 14.9 Å². The van der Waals surface area contributed by atoms with Gasteiger partial charge in [0.05, 0.1) is 11.0 Å². The average molecular weight is 341 g/mol. The summed E-state index contributed by atoms with van der Waals surface area (Å²) in [5.41, 5.74) is 2.48. The van der Waals surface area contributed by atoms with Crippen LogP contribution in [-0.4, -0.2) is 22.0 Å². The Morgan fingerprint density at radius 3 is 2.68 bits per heavy atom. The lowest BCUT2D eigenvalue weighted by molar-refractivity contribution is -0.121. The standard InChI is InChI=1S/C19H20FN3O2/c20-15-9-6-14(7-10-15)8-11-18(24)21-12-3-13-23-17-5-2-1-4-16(17)22-19(23)25/h1-2,4-7,9-10H,3,8,11-13H2,(H,21,24)(H,22,25). The number of imidazole rings is 1. The maximum atomic E-state index is 12.8. The summed E-state index contributed by atoms with van der Waals surface area (Å²) in [6.07, 6.45) is 1.61. The second-order valence-electron chi connectivity index (χ2n) is 5.93. The molecule has 0 saturated carbocycles. The van der Waals surface area contributed by atoms with E-state index in [0.29, 0.717) is 32.4 Å². The number of nitrogens with zero attached hydrogens (tertiary/aromatic N) is 1. The van der Waals surface area contributed by atoms with Gasteiger partial charge in [-0.25, -0.2) is 9.18 Å². The number of halogens is 1. The van der Waals surface area contributed by atoms with Crippen molar-refractivity contribution in [1.29, 1.82) is 0 Å². The Bertz CT molecular complexity index is 912. The van der Waals surface area contributed by atoms with Crippen molar-refractivity contribution in [2.75, 3.05) is 6.54 Å². The fourth-order valence-corrected chi connectivity index (χ4v) is 2.79. The summed E-state index contributed by atoms with van der Waals surface area (Å²) in [5, 5.41) is 2.86. The number of H-pyrrole nitrogens is 1. The van der Waals surface area contributed by atoms with Crippen molar-refractivity contribution in [2.45, 2.75) is 25.8 Å². The molecule has 0 fully saturated rings. The third-order valence-corrected chi connectivity index (χ3v) is 4.12. The van der Waals surface area contributed by atoms with Crippen LogP contribution in [0.1, 0.15) is 18.4 Å². The zero-order chi connectivity index (χ0) is 17.6. The molecule has 1 heterocycles. The van der Waals surface area contributed by atoms with Crippen LogP contribution in [0.25, 0.3) is 11.0 Å². The quantitative estimate of drug-likeness (QED) is 0.649. The molecule has 0 unspecified atom stereocenters. The second kappa shape index (κ2) is 7.79. The molecule has 0 aliphatic rings. The molecule has 2 aromatic carbocycles. The number of carbonyl (C=O) groups is 1. The number of aryl methyl sites for hydroxylation is 2. The van der Waals surface area contributed by atoms with Crippen molar-refractivity contribution >= 4 is 16.9 Å². The molecule has 0 aliphatic heterocycles. The van der Waals surface area contributed by atoms with Crippen LogP contribution in [0, 0.1) is 5.82 Å². The monoisotopic (exact) mass is 341 g/mol. The average Bonchev–Trinajstić information content (AvgIpc) is 2.93. The molecule has 6 heteroatoms. The number of hydrogen-bond acceptors (Lipinski definition) is 2. The molecule has 1 aromatic heterocycles. The zero-order valence-corrected chi connectivity index (χ0v) is 13.8. The van der Waals surface area contributed by atoms with Gasteiger partial charge in [-0.2, -0.15) is 0 Å². The third-order valence-electron chi connectivity index (χ3n) is 4.12. The van der Waals surface area contributed by atoms with Gasteiger partial charge in [-0.05, 0) is 42.7 Å². The van der Waals surface area contributed by atoms with Crippen molar-refractivity contribution in [2.24, 2.45) is 0 Å². The maximum Gasteiger partial charge on any atom is 0.326 e. The number of aromatic nitrogens is 2. The fourth-order valence-electron chi connectivity index (χ4n) is 2.79. The number of benzene rings is 2. The van der Waals surface area contributed by atoms with E-state index in [-0.39, 0.29) is 17.4 Å². The minimum Gasteiger partial charge on any atom is -0.356 e. The second-order valence-corrected chi connectivity index (χ2v) is 5.93. The molecule has 0 radical (unpaired) electrons. The van der Waals surface area contributed by atoms with Gasteiger partial charge in [-0.3, -0.25) is 9.36 Å². The highest BCUT2D eigenvalue weighted by molar-refractivity contribution is 5.76. The summed E-state index contributed by atoms with van der Waals surface area (Å²) in [6.45, 7) is 1.05. The van der Waals surface area contributed by atoms with Crippen LogP contribution in [0.5, 0.6) is 0 Å². The molecule has 25 heavy (non-hydrogen) atoms. The first kappa shape index (κ1) is 17.0. The SMILES string of the molecule is O=C(CCc1ccc(F)cc1)NCCCn1c(=O)[nH]c2ccccc21. The van der Waals surface area contributed by atoms with E-state index >= 15 is 0 Å². The Kier molecular flexibility index (Phi) is 5.28. The lowest BCUT2D eigenvalue weighted by Gasteiger charge is -2.06. The first-order valence-electron chi connectivity index (χ1n) is 8.32. The van der Waals surface area contributed by atoms with E-state index in [1.165, 1.54) is 12.1 Å². The minimum absolute atomic E-state index is 0.0457. The van der Waals surface area contributed by atoms with E-state index in [1.54, 1.807) is 16.7 Å². The smallest absolute Gasteiger partial charge is 0.326 e. The highest BCUT2D eigenvalue weighted by Crippen LogP contribution is 2.09. The topological polar surface area (TPSA) is 66.9 Å². The van der Waals surface area contributed by atoms with E-state index in [1.807, 2.05) is 24.3 Å². The minimum atomic E-state index is -0.277. The van der Waals surface area contributed by atoms with Gasteiger partial charge in [0.25, 0.3) is 0 Å². The van der Waals surface area contributed by atoms with E-state index < -0.39 is 0 Å². The highest BCUT2D eigenvalue weighted by Gasteiger charge is 2.06. The summed E-state index contributed by atoms with van der Waals surface area (Å²) in [6, 6.07) is 13.7. The number of hydrogen-bond donors (Lipinski definition) is 2. The number of nitrogens with one attached hydrogen (secondary N) is 2. The van der Waals surface area contributed by atoms with Gasteiger partial charge in [0, 0.05) is 19.5 Å². The molecule has 2 N–H and O–H groups in total. The van der Waals surface area contributed by atoms with Gasteiger partial charge in [0.15, 0.2) is 0 Å². The van der Waals surface area contributed by atoms with Crippen molar-refractivity contribution in [3.05, 3.63) is 70.4 Å².